The van der Waals surface area contributed by atoms with Gasteiger partial charge in [-0.05, 0) is 39.5 Å². The van der Waals surface area contributed by atoms with Crippen molar-refractivity contribution in [2.75, 3.05) is 7.11 Å². The third-order valence-electron chi connectivity index (χ3n) is 2.15. The number of methoxy groups -OCH3 is 1. The van der Waals surface area contributed by atoms with Crippen LogP contribution in [0.25, 0.3) is 0 Å². The Balaban J connectivity index is 2.96. The lowest BCUT2D eigenvalue weighted by Crippen LogP contribution is -2.05. The van der Waals surface area contributed by atoms with Crippen LogP contribution in [0.5, 0.6) is 5.75 Å². The van der Waals surface area contributed by atoms with E-state index < -0.39 is 6.10 Å². The van der Waals surface area contributed by atoms with E-state index in [1.807, 2.05) is 32.0 Å². The van der Waals surface area contributed by atoms with Crippen molar-refractivity contribution in [1.82, 2.24) is 0 Å². The summed E-state index contributed by atoms with van der Waals surface area (Å²) in [4.78, 5) is 0. The molecule has 78 valence electrons. The van der Waals surface area contributed by atoms with Crippen LogP contribution in [0.4, 0.5) is 0 Å². The number of hydrogen-bond acceptors (Lipinski definition) is 2. The van der Waals surface area contributed by atoms with Crippen molar-refractivity contribution in [2.24, 2.45) is 5.92 Å². The monoisotopic (exact) mass is 258 g/mol. The van der Waals surface area contributed by atoms with Gasteiger partial charge >= 0.3 is 0 Å². The maximum absolute atomic E-state index is 9.82. The predicted molar refractivity (Wildman–Crippen MR) is 60.5 cm³/mol. The molecule has 2 nitrogen and oxygen atoms in total. The lowest BCUT2D eigenvalue weighted by Gasteiger charge is -2.15. The van der Waals surface area contributed by atoms with Crippen LogP contribution in [0.2, 0.25) is 0 Å². The molecule has 3 heteroatoms. The second-order valence-corrected chi connectivity index (χ2v) is 4.44. The smallest absolute Gasteiger partial charge is 0.133 e. The quantitative estimate of drug-likeness (QED) is 0.903. The van der Waals surface area contributed by atoms with Crippen LogP contribution in [0.1, 0.15) is 25.5 Å². The Morgan fingerprint density at radius 3 is 2.43 bits per heavy atom. The molecular formula is C11H15BrO2. The topological polar surface area (TPSA) is 29.5 Å². The molecule has 1 N–H and O–H groups in total. The maximum atomic E-state index is 9.82. The molecule has 1 unspecified atom stereocenters. The molecule has 14 heavy (non-hydrogen) atoms. The van der Waals surface area contributed by atoms with Crippen molar-refractivity contribution in [2.45, 2.75) is 20.0 Å². The first-order chi connectivity index (χ1) is 6.56. The van der Waals surface area contributed by atoms with E-state index in [2.05, 4.69) is 15.9 Å². The summed E-state index contributed by atoms with van der Waals surface area (Å²) in [5, 5.41) is 9.82. The Hall–Kier alpha value is -0.540. The van der Waals surface area contributed by atoms with Crippen LogP contribution < -0.4 is 4.74 Å². The lowest BCUT2D eigenvalue weighted by molar-refractivity contribution is 0.127. The van der Waals surface area contributed by atoms with Gasteiger partial charge in [0.2, 0.25) is 0 Å². The standard InChI is InChI=1S/C11H15BrO2/c1-7(2)11(13)8-4-5-10(14-3)9(12)6-8/h4-7,11,13H,1-3H3. The molecule has 0 aromatic heterocycles. The van der Waals surface area contributed by atoms with Gasteiger partial charge < -0.3 is 9.84 Å². The van der Waals surface area contributed by atoms with Gasteiger partial charge in [0.05, 0.1) is 17.7 Å². The zero-order valence-electron chi connectivity index (χ0n) is 8.62. The molecule has 1 rings (SSSR count). The van der Waals surface area contributed by atoms with Crippen LogP contribution >= 0.6 is 15.9 Å². The summed E-state index contributed by atoms with van der Waals surface area (Å²) in [6.45, 7) is 3.98. The summed E-state index contributed by atoms with van der Waals surface area (Å²) < 4.78 is 5.98. The average Bonchev–Trinajstić information content (AvgIpc) is 2.16. The molecule has 0 amide bonds. The molecule has 0 aliphatic heterocycles. The number of aliphatic hydroxyl groups excluding tert-OH is 1. The molecular weight excluding hydrogens is 244 g/mol. The third-order valence-corrected chi connectivity index (χ3v) is 2.77. The predicted octanol–water partition coefficient (Wildman–Crippen LogP) is 3.15. The van der Waals surface area contributed by atoms with Crippen molar-refractivity contribution >= 4 is 15.9 Å². The van der Waals surface area contributed by atoms with Crippen molar-refractivity contribution in [3.63, 3.8) is 0 Å². The van der Waals surface area contributed by atoms with Crippen LogP contribution in [0.3, 0.4) is 0 Å². The number of halogens is 1. The maximum Gasteiger partial charge on any atom is 0.133 e. The van der Waals surface area contributed by atoms with Gasteiger partial charge in [-0.15, -0.1) is 0 Å². The minimum absolute atomic E-state index is 0.218. The average molecular weight is 259 g/mol. The summed E-state index contributed by atoms with van der Waals surface area (Å²) in [7, 11) is 1.62. The Bertz CT molecular complexity index is 310. The second-order valence-electron chi connectivity index (χ2n) is 3.58. The zero-order chi connectivity index (χ0) is 10.7. The van der Waals surface area contributed by atoms with E-state index in [1.165, 1.54) is 0 Å². The fraction of sp³-hybridized carbons (Fsp3) is 0.455. The highest BCUT2D eigenvalue weighted by Crippen LogP contribution is 2.30. The van der Waals surface area contributed by atoms with E-state index in [-0.39, 0.29) is 5.92 Å². The minimum Gasteiger partial charge on any atom is -0.496 e. The number of rotatable bonds is 3. The molecule has 0 radical (unpaired) electrons. The molecule has 0 saturated carbocycles. The molecule has 1 atom stereocenters. The summed E-state index contributed by atoms with van der Waals surface area (Å²) in [5.74, 6) is 1.00. The molecule has 1 aromatic carbocycles. The first-order valence-electron chi connectivity index (χ1n) is 4.57. The number of benzene rings is 1. The van der Waals surface area contributed by atoms with E-state index in [1.54, 1.807) is 7.11 Å². The molecule has 0 aliphatic carbocycles. The molecule has 0 spiro atoms. The first-order valence-corrected chi connectivity index (χ1v) is 5.37. The van der Waals surface area contributed by atoms with E-state index in [4.69, 9.17) is 4.74 Å². The molecule has 1 aromatic rings. The van der Waals surface area contributed by atoms with E-state index in [9.17, 15) is 5.11 Å². The van der Waals surface area contributed by atoms with Gasteiger partial charge in [-0.25, -0.2) is 0 Å². The Morgan fingerprint density at radius 1 is 1.36 bits per heavy atom. The largest absolute Gasteiger partial charge is 0.496 e. The highest BCUT2D eigenvalue weighted by atomic mass is 79.9. The Kier molecular flexibility index (Phi) is 3.96. The van der Waals surface area contributed by atoms with E-state index in [0.29, 0.717) is 0 Å². The second kappa shape index (κ2) is 4.80. The Morgan fingerprint density at radius 2 is 2.00 bits per heavy atom. The van der Waals surface area contributed by atoms with Gasteiger partial charge in [0, 0.05) is 0 Å². The molecule has 0 aliphatic rings. The van der Waals surface area contributed by atoms with Crippen LogP contribution in [-0.2, 0) is 0 Å². The van der Waals surface area contributed by atoms with E-state index in [0.717, 1.165) is 15.8 Å². The van der Waals surface area contributed by atoms with Gasteiger partial charge in [-0.3, -0.25) is 0 Å². The molecule has 0 fully saturated rings. The third kappa shape index (κ3) is 2.49. The first kappa shape index (κ1) is 11.5. The number of ether oxygens (including phenoxy) is 1. The van der Waals surface area contributed by atoms with Crippen molar-refractivity contribution in [3.05, 3.63) is 28.2 Å². The fourth-order valence-electron chi connectivity index (χ4n) is 1.25. The normalized spacial score (nSPS) is 13.0. The Labute approximate surface area is 93.0 Å². The molecule has 0 saturated heterocycles. The van der Waals surface area contributed by atoms with Crippen molar-refractivity contribution in [1.29, 1.82) is 0 Å². The van der Waals surface area contributed by atoms with Crippen LogP contribution in [0.15, 0.2) is 22.7 Å². The summed E-state index contributed by atoms with van der Waals surface area (Å²) >= 11 is 3.39. The molecule has 0 bridgehead atoms. The van der Waals surface area contributed by atoms with Gasteiger partial charge in [0.15, 0.2) is 0 Å². The summed E-state index contributed by atoms with van der Waals surface area (Å²) in [6, 6.07) is 5.63. The highest BCUT2D eigenvalue weighted by Gasteiger charge is 2.13. The summed E-state index contributed by atoms with van der Waals surface area (Å²) in [5.41, 5.74) is 0.910. The highest BCUT2D eigenvalue weighted by molar-refractivity contribution is 9.10. The lowest BCUT2D eigenvalue weighted by atomic mass is 9.99. The van der Waals surface area contributed by atoms with Crippen LogP contribution in [-0.4, -0.2) is 12.2 Å². The van der Waals surface area contributed by atoms with Gasteiger partial charge in [-0.2, -0.15) is 0 Å². The van der Waals surface area contributed by atoms with Gasteiger partial charge in [0.25, 0.3) is 0 Å². The molecule has 0 heterocycles. The number of hydrogen-bond donors (Lipinski definition) is 1. The SMILES string of the molecule is COc1ccc(C(O)C(C)C)cc1Br. The fourth-order valence-corrected chi connectivity index (χ4v) is 1.81. The summed E-state index contributed by atoms with van der Waals surface area (Å²) in [6.07, 6.45) is -0.419. The number of aliphatic hydroxyl groups is 1. The minimum atomic E-state index is -0.419. The van der Waals surface area contributed by atoms with Crippen molar-refractivity contribution in [3.8, 4) is 5.75 Å². The zero-order valence-corrected chi connectivity index (χ0v) is 10.2. The van der Waals surface area contributed by atoms with Gasteiger partial charge in [0.1, 0.15) is 5.75 Å². The van der Waals surface area contributed by atoms with E-state index >= 15 is 0 Å². The van der Waals surface area contributed by atoms with Crippen LogP contribution in [0, 0.1) is 5.92 Å². The van der Waals surface area contributed by atoms with Crippen molar-refractivity contribution < 1.29 is 9.84 Å². The van der Waals surface area contributed by atoms with Gasteiger partial charge in [-0.1, -0.05) is 19.9 Å².